The number of benzene rings is 7. The summed E-state index contributed by atoms with van der Waals surface area (Å²) >= 11 is 0. The zero-order valence-electron chi connectivity index (χ0n) is 36.3. The van der Waals surface area contributed by atoms with E-state index >= 15 is 0 Å². The number of oxazole rings is 1. The van der Waals surface area contributed by atoms with E-state index in [1.807, 2.05) is 115 Å². The molecule has 6 nitrogen and oxygen atoms in total. The van der Waals surface area contributed by atoms with Gasteiger partial charge in [-0.25, -0.2) is 4.98 Å². The Bertz CT molecular complexity index is 3410. The van der Waals surface area contributed by atoms with Gasteiger partial charge in [-0.05, 0) is 99.8 Å². The van der Waals surface area contributed by atoms with Gasteiger partial charge in [0.1, 0.15) is 5.58 Å². The van der Waals surface area contributed by atoms with Gasteiger partial charge in [0.25, 0.3) is 0 Å². The third-order valence-electron chi connectivity index (χ3n) is 11.5. The molecule has 0 saturated heterocycles. The minimum atomic E-state index is -4.55. The molecule has 4 aromatic heterocycles. The summed E-state index contributed by atoms with van der Waals surface area (Å²) < 4.78 is 56.9. The molecule has 10 heteroatoms. The normalized spacial score (nSPS) is 11.7. The first-order valence-corrected chi connectivity index (χ1v) is 21.5. The molecule has 0 saturated carbocycles. The molecular formula is C56H41F3IrN4O2-2. The summed E-state index contributed by atoms with van der Waals surface area (Å²) in [5.41, 5.74) is 10.8. The van der Waals surface area contributed by atoms with Crippen molar-refractivity contribution in [3.8, 4) is 50.9 Å². The van der Waals surface area contributed by atoms with E-state index < -0.39 is 11.7 Å². The summed E-state index contributed by atoms with van der Waals surface area (Å²) in [5, 5.41) is 0.989. The predicted molar refractivity (Wildman–Crippen MR) is 253 cm³/mol. The number of nitrogens with zero attached hydrogens (tertiary/aromatic N) is 4. The second kappa shape index (κ2) is 18.0. The van der Waals surface area contributed by atoms with Crippen LogP contribution in [-0.2, 0) is 26.3 Å². The van der Waals surface area contributed by atoms with Gasteiger partial charge in [-0.15, -0.1) is 42.0 Å². The van der Waals surface area contributed by atoms with Gasteiger partial charge in [0.2, 0.25) is 5.89 Å². The topological polar surface area (TPSA) is 69.9 Å². The van der Waals surface area contributed by atoms with Crippen LogP contribution in [0, 0.1) is 12.1 Å². The second-order valence-corrected chi connectivity index (χ2v) is 16.5. The van der Waals surface area contributed by atoms with Crippen molar-refractivity contribution >= 4 is 44.1 Å². The first-order chi connectivity index (χ1) is 31.5. The van der Waals surface area contributed by atoms with Crippen molar-refractivity contribution in [2.45, 2.75) is 45.7 Å². The van der Waals surface area contributed by atoms with Crippen molar-refractivity contribution in [1.82, 2.24) is 19.5 Å². The monoisotopic (exact) mass is 1050 g/mol. The number of furan rings is 1. The zero-order valence-corrected chi connectivity index (χ0v) is 38.7. The molecule has 0 aliphatic heterocycles. The van der Waals surface area contributed by atoms with E-state index in [1.165, 1.54) is 6.07 Å². The summed E-state index contributed by atoms with van der Waals surface area (Å²) in [6.07, 6.45) is -2.76. The van der Waals surface area contributed by atoms with E-state index in [1.54, 1.807) is 6.20 Å². The first-order valence-electron chi connectivity index (χ1n) is 21.5. The van der Waals surface area contributed by atoms with Crippen LogP contribution in [0.1, 0.15) is 56.2 Å². The van der Waals surface area contributed by atoms with Gasteiger partial charge in [-0.2, -0.15) is 13.2 Å². The molecule has 11 aromatic rings. The Kier molecular flexibility index (Phi) is 12.0. The summed E-state index contributed by atoms with van der Waals surface area (Å²) in [7, 11) is 0. The van der Waals surface area contributed by atoms with Crippen LogP contribution in [0.3, 0.4) is 0 Å². The Morgan fingerprint density at radius 2 is 1.30 bits per heavy atom. The number of pyridine rings is 1. The molecule has 0 aliphatic carbocycles. The molecule has 0 unspecified atom stereocenters. The molecule has 0 atom stereocenters. The van der Waals surface area contributed by atoms with Crippen LogP contribution in [0.4, 0.5) is 13.2 Å². The van der Waals surface area contributed by atoms with Crippen molar-refractivity contribution in [3.63, 3.8) is 0 Å². The molecule has 0 fully saturated rings. The summed E-state index contributed by atoms with van der Waals surface area (Å²) in [6, 6.07) is 56.1. The summed E-state index contributed by atoms with van der Waals surface area (Å²) in [6.45, 7) is 8.74. The van der Waals surface area contributed by atoms with Crippen molar-refractivity contribution in [2.24, 2.45) is 0 Å². The molecule has 0 aliphatic rings. The van der Waals surface area contributed by atoms with Crippen LogP contribution in [0.5, 0.6) is 0 Å². The Morgan fingerprint density at radius 3 is 1.95 bits per heavy atom. The molecule has 4 heterocycles. The molecule has 1 radical (unpaired) electrons. The molecule has 7 aromatic carbocycles. The van der Waals surface area contributed by atoms with Gasteiger partial charge in [0, 0.05) is 48.5 Å². The van der Waals surface area contributed by atoms with Gasteiger partial charge in [0.15, 0.2) is 0 Å². The maximum atomic E-state index is 14.0. The smallest absolute Gasteiger partial charge is 0.416 e. The van der Waals surface area contributed by atoms with E-state index in [4.69, 9.17) is 18.8 Å². The van der Waals surface area contributed by atoms with Crippen LogP contribution in [0.25, 0.3) is 95.0 Å². The Morgan fingerprint density at radius 1 is 0.636 bits per heavy atom. The fourth-order valence-electron chi connectivity index (χ4n) is 8.40. The number of fused-ring (bicyclic) bond motifs is 6. The SMILES string of the molecule is CC(C)c1cc(-c2ccccc2)cc(C(C)C)c1-n1c(-c2[c-]c3nc(-c4ccccc4)oc3c3c2oc2cc(C(F)(F)F)ccc23)nc2ccccc21.[Ir].[c-]1ccccc1-c1ccccn1. The minimum absolute atomic E-state index is 0. The quantitative estimate of drug-likeness (QED) is 0.149. The number of hydrogen-bond acceptors (Lipinski definition) is 5. The predicted octanol–water partition coefficient (Wildman–Crippen LogP) is 15.7. The largest absolute Gasteiger partial charge is 0.500 e. The number of hydrogen-bond donors (Lipinski definition) is 0. The van der Waals surface area contributed by atoms with Crippen LogP contribution >= 0.6 is 0 Å². The molecular weight excluding hydrogens is 1010 g/mol. The fraction of sp³-hybridized carbons (Fsp3) is 0.125. The van der Waals surface area contributed by atoms with E-state index in [9.17, 15) is 13.2 Å². The number of rotatable bonds is 7. The number of halogens is 3. The zero-order chi connectivity index (χ0) is 44.8. The maximum absolute atomic E-state index is 14.0. The molecule has 0 amide bonds. The molecule has 0 spiro atoms. The number of aromatic nitrogens is 4. The Hall–Kier alpha value is -7.13. The fourth-order valence-corrected chi connectivity index (χ4v) is 8.40. The first kappa shape index (κ1) is 44.1. The number of para-hydroxylation sites is 2. The summed E-state index contributed by atoms with van der Waals surface area (Å²) in [5.74, 6) is 1.16. The van der Waals surface area contributed by atoms with Gasteiger partial charge in [0.05, 0.1) is 33.6 Å². The van der Waals surface area contributed by atoms with Crippen molar-refractivity contribution in [3.05, 3.63) is 193 Å². The van der Waals surface area contributed by atoms with Crippen LogP contribution in [0.15, 0.2) is 173 Å². The average molecular weight is 1050 g/mol. The van der Waals surface area contributed by atoms with Gasteiger partial charge in [-0.1, -0.05) is 112 Å². The van der Waals surface area contributed by atoms with E-state index in [0.29, 0.717) is 44.7 Å². The van der Waals surface area contributed by atoms with Crippen molar-refractivity contribution in [1.29, 1.82) is 0 Å². The molecule has 329 valence electrons. The molecule has 0 N–H and O–H groups in total. The van der Waals surface area contributed by atoms with Gasteiger partial charge >= 0.3 is 6.18 Å². The number of imidazole rings is 1. The van der Waals surface area contributed by atoms with Crippen molar-refractivity contribution < 1.29 is 42.1 Å². The Balaban J connectivity index is 0.000000365. The van der Waals surface area contributed by atoms with Crippen LogP contribution < -0.4 is 0 Å². The minimum Gasteiger partial charge on any atom is -0.500 e. The van der Waals surface area contributed by atoms with E-state index in [0.717, 1.165) is 67.9 Å². The van der Waals surface area contributed by atoms with Gasteiger partial charge in [-0.3, -0.25) is 4.98 Å². The number of alkyl halides is 3. The second-order valence-electron chi connectivity index (χ2n) is 16.5. The average Bonchev–Trinajstić information content (AvgIpc) is 4.05. The van der Waals surface area contributed by atoms with E-state index in [-0.39, 0.29) is 37.5 Å². The Labute approximate surface area is 393 Å². The van der Waals surface area contributed by atoms with Crippen molar-refractivity contribution in [2.75, 3.05) is 0 Å². The summed E-state index contributed by atoms with van der Waals surface area (Å²) in [4.78, 5) is 14.3. The van der Waals surface area contributed by atoms with Crippen LogP contribution in [-0.4, -0.2) is 19.5 Å². The third-order valence-corrected chi connectivity index (χ3v) is 11.5. The maximum Gasteiger partial charge on any atom is 0.416 e. The molecule has 66 heavy (non-hydrogen) atoms. The molecule has 0 bridgehead atoms. The molecule has 11 rings (SSSR count). The van der Waals surface area contributed by atoms with Crippen LogP contribution in [0.2, 0.25) is 0 Å². The standard InChI is InChI=1S/C45H33F3N3O2.C11H8N.Ir/c1-25(2)32-21-29(27-13-7-5-8-14-27)22-33(26(3)4)40(32)51-37-18-12-11-17-35(37)49-43(51)34-24-36-42(53-44(50-36)28-15-9-6-10-16-28)39-31-20-19-30(45(46,47)48)23-38(31)52-41(34)39;1-2-6-10(7-3-1)11-8-4-5-9-12-11;/h5-23,25-26H,1-4H3;1-6,8-9H;/q2*-1;. The van der Waals surface area contributed by atoms with Gasteiger partial charge < -0.3 is 18.4 Å². The van der Waals surface area contributed by atoms with E-state index in [2.05, 4.69) is 73.6 Å². The third kappa shape index (κ3) is 8.23.